The summed E-state index contributed by atoms with van der Waals surface area (Å²) < 4.78 is 26.8. The number of phosphoric ester groups is 1. The minimum absolute atomic E-state index is 0.00195. The smallest absolute Gasteiger partial charge is 0.472 e. The Balaban J connectivity index is 1.88. The van der Waals surface area contributed by atoms with Crippen LogP contribution in [0.2, 0.25) is 0 Å². The lowest BCUT2D eigenvalue weighted by atomic mass is 9.92. The Bertz CT molecular complexity index is 1980. The van der Waals surface area contributed by atoms with Crippen molar-refractivity contribution in [1.82, 2.24) is 25.4 Å². The van der Waals surface area contributed by atoms with Gasteiger partial charge in [0.15, 0.2) is 12.9 Å². The Kier molecular flexibility index (Phi) is 22.3. The Morgan fingerprint density at radius 3 is 2.38 bits per heavy atom. The van der Waals surface area contributed by atoms with Crippen LogP contribution in [0.25, 0.3) is 0 Å². The summed E-state index contributed by atoms with van der Waals surface area (Å²) >= 11 is 5.23. The van der Waals surface area contributed by atoms with Gasteiger partial charge in [0.1, 0.15) is 22.5 Å². The Hall–Kier alpha value is -4.11. The van der Waals surface area contributed by atoms with Crippen LogP contribution in [0.4, 0.5) is 5.69 Å². The van der Waals surface area contributed by atoms with E-state index in [1.165, 1.54) is 25.3 Å². The van der Waals surface area contributed by atoms with Crippen LogP contribution in [0.5, 0.6) is 5.75 Å². The highest BCUT2D eigenvalue weighted by Crippen LogP contribution is 2.37. The maximum Gasteiger partial charge on any atom is 0.472 e. The number of carboxylic acids is 1. The number of aromatic nitrogens is 1. The molecule has 0 aliphatic carbocycles. The molecular weight excluding hydrogens is 904 g/mol. The fraction of sp³-hybridized carbons (Fsp3) is 0.651. The molecule has 0 saturated carbocycles. The number of hydrogen-bond acceptors (Lipinski definition) is 14. The van der Waals surface area contributed by atoms with Gasteiger partial charge in [0, 0.05) is 44.3 Å². The Labute approximate surface area is 390 Å². The number of ether oxygens (including phenoxy) is 2. The van der Waals surface area contributed by atoms with Gasteiger partial charge in [-0.2, -0.15) is 12.6 Å². The van der Waals surface area contributed by atoms with Crippen LogP contribution >= 0.6 is 31.8 Å². The van der Waals surface area contributed by atoms with Gasteiger partial charge in [-0.15, -0.1) is 11.3 Å². The molecule has 65 heavy (non-hydrogen) atoms. The maximum absolute atomic E-state index is 14.3. The lowest BCUT2D eigenvalue weighted by Crippen LogP contribution is -2.58. The monoisotopic (exact) mass is 970 g/mol. The van der Waals surface area contributed by atoms with Gasteiger partial charge in [0.2, 0.25) is 17.7 Å². The highest BCUT2D eigenvalue weighted by atomic mass is 32.1. The van der Waals surface area contributed by atoms with E-state index in [0.717, 1.165) is 30.7 Å². The minimum Gasteiger partial charge on any atom is -0.481 e. The SMILES string of the molecule is CC[C@H](C)[C@H](NC(=O)[C@H]1CCCCN1C)C(=O)N(C)[C@H](C[C@@H](OC(C)=O)c1nc(C(=O)N[C@@H](Cc2ccc(OCOP(=O)(O)O)c(NC(=O)CCCS)c2)CC(C)C(=O)O)cs1)C(C)C. The van der Waals surface area contributed by atoms with Gasteiger partial charge >= 0.3 is 19.8 Å². The number of piperidine rings is 1. The molecule has 22 heteroatoms. The van der Waals surface area contributed by atoms with Gasteiger partial charge < -0.3 is 45.2 Å². The van der Waals surface area contributed by atoms with Gasteiger partial charge in [-0.05, 0) is 81.0 Å². The normalized spacial score (nSPS) is 17.2. The summed E-state index contributed by atoms with van der Waals surface area (Å²) in [5.41, 5.74) is 0.681. The third kappa shape index (κ3) is 17.9. The van der Waals surface area contributed by atoms with Crippen LogP contribution in [0.1, 0.15) is 120 Å². The second-order valence-electron chi connectivity index (χ2n) is 17.0. The number of hydrogen-bond donors (Lipinski definition) is 7. The van der Waals surface area contributed by atoms with E-state index >= 15 is 0 Å². The molecule has 1 unspecified atom stereocenters. The molecule has 1 aliphatic heterocycles. The number of thiol groups is 1. The molecule has 2 aromatic rings. The molecule has 0 radical (unpaired) electrons. The van der Waals surface area contributed by atoms with Crippen molar-refractivity contribution in [3.05, 3.63) is 39.8 Å². The molecule has 1 saturated heterocycles. The number of carbonyl (C=O) groups is 6. The number of anilines is 1. The lowest BCUT2D eigenvalue weighted by molar-refractivity contribution is -0.149. The number of likely N-dealkylation sites (tertiary alicyclic amines) is 1. The minimum atomic E-state index is -4.86. The fourth-order valence-corrected chi connectivity index (χ4v) is 8.75. The zero-order valence-electron chi connectivity index (χ0n) is 38.5. The molecule has 4 amide bonds. The average Bonchev–Trinajstić information content (AvgIpc) is 3.73. The first-order valence-electron chi connectivity index (χ1n) is 21.8. The van der Waals surface area contributed by atoms with Crippen LogP contribution in [0, 0.1) is 17.8 Å². The molecule has 6 N–H and O–H groups in total. The summed E-state index contributed by atoms with van der Waals surface area (Å²) in [7, 11) is -1.27. The van der Waals surface area contributed by atoms with Crippen LogP contribution in [-0.2, 0) is 44.2 Å². The molecule has 2 heterocycles. The standard InChI is InChI=1S/C43H67N6O13PS2/c1-9-26(4)38(47-40(53)33-13-10-11-17-48(33)7)42(54)49(8)34(25(2)3)22-36(62-28(6)50)41-46-32(23-65-41)39(52)44-30(19-27(5)43(55)56)20-29-15-16-35(60-24-61-63(57,58)59)31(21-29)45-37(51)14-12-18-64/h15-16,21,23,25-27,30,33-34,36,38,64H,9-14,17-20,22,24H2,1-8H3,(H,44,52)(H,45,51)(H,47,53)(H,55,56)(H2,57,58,59)/t26-,27?,30+,33+,34+,36+,38-/m0/s1. The molecule has 364 valence electrons. The molecule has 7 atom stereocenters. The number of phosphoric acid groups is 1. The molecule has 0 bridgehead atoms. The van der Waals surface area contributed by atoms with E-state index < -0.39 is 62.6 Å². The van der Waals surface area contributed by atoms with Crippen molar-refractivity contribution in [3.8, 4) is 5.75 Å². The zero-order valence-corrected chi connectivity index (χ0v) is 41.1. The number of carboxylic acid groups (broad SMARTS) is 1. The molecule has 1 fully saturated rings. The topological polar surface area (TPSA) is 263 Å². The molecule has 19 nitrogen and oxygen atoms in total. The fourth-order valence-electron chi connectivity index (χ4n) is 7.56. The van der Waals surface area contributed by atoms with Gasteiger partial charge in [-0.1, -0.05) is 53.5 Å². The number of benzene rings is 1. The highest BCUT2D eigenvalue weighted by molar-refractivity contribution is 7.80. The first-order chi connectivity index (χ1) is 30.5. The van der Waals surface area contributed by atoms with Crippen molar-refractivity contribution in [2.75, 3.05) is 38.5 Å². The highest BCUT2D eigenvalue weighted by Gasteiger charge is 2.37. The summed E-state index contributed by atoms with van der Waals surface area (Å²) in [6.45, 7) is 10.5. The number of nitrogens with one attached hydrogen (secondary N) is 3. The number of esters is 1. The predicted molar refractivity (Wildman–Crippen MR) is 247 cm³/mol. The first-order valence-corrected chi connectivity index (χ1v) is 24.9. The molecule has 1 aromatic heterocycles. The van der Waals surface area contributed by atoms with E-state index in [0.29, 0.717) is 35.6 Å². The van der Waals surface area contributed by atoms with Gasteiger partial charge in [0.05, 0.1) is 17.6 Å². The Morgan fingerprint density at radius 2 is 1.78 bits per heavy atom. The van der Waals surface area contributed by atoms with E-state index in [1.54, 1.807) is 24.1 Å². The zero-order chi connectivity index (χ0) is 48.6. The maximum atomic E-state index is 14.3. The number of thiazole rings is 1. The molecule has 1 aromatic carbocycles. The predicted octanol–water partition coefficient (Wildman–Crippen LogP) is 5.18. The Morgan fingerprint density at radius 1 is 1.08 bits per heavy atom. The van der Waals surface area contributed by atoms with Crippen LogP contribution in [-0.4, -0.2) is 123 Å². The van der Waals surface area contributed by atoms with Crippen molar-refractivity contribution in [3.63, 3.8) is 0 Å². The summed E-state index contributed by atoms with van der Waals surface area (Å²) in [6, 6.07) is 2.21. The third-order valence-corrected chi connectivity index (χ3v) is 13.1. The molecular formula is C43H67N6O13PS2. The summed E-state index contributed by atoms with van der Waals surface area (Å²) in [5, 5.41) is 20.2. The number of amides is 4. The second-order valence-corrected chi connectivity index (χ2v) is 19.5. The summed E-state index contributed by atoms with van der Waals surface area (Å²) in [4.78, 5) is 105. The van der Waals surface area contributed by atoms with Crippen molar-refractivity contribution in [1.29, 1.82) is 0 Å². The summed E-state index contributed by atoms with van der Waals surface area (Å²) in [6.07, 6.45) is 3.15. The number of aliphatic carboxylic acids is 1. The molecule has 3 rings (SSSR count). The van der Waals surface area contributed by atoms with Crippen molar-refractivity contribution >= 4 is 73.0 Å². The van der Waals surface area contributed by atoms with Gasteiger partial charge in [-0.3, -0.25) is 33.7 Å². The van der Waals surface area contributed by atoms with Crippen molar-refractivity contribution < 1.29 is 62.2 Å². The quantitative estimate of drug-likeness (QED) is 0.0277. The number of likely N-dealkylation sites (N-methyl/N-ethyl adjacent to an activating group) is 2. The van der Waals surface area contributed by atoms with E-state index in [-0.39, 0.29) is 78.4 Å². The average molecular weight is 971 g/mol. The van der Waals surface area contributed by atoms with Crippen molar-refractivity contribution in [2.24, 2.45) is 17.8 Å². The van der Waals surface area contributed by atoms with E-state index in [1.807, 2.05) is 39.6 Å². The third-order valence-electron chi connectivity index (χ3n) is 11.5. The summed E-state index contributed by atoms with van der Waals surface area (Å²) in [5.74, 6) is -3.85. The van der Waals surface area contributed by atoms with Gasteiger partial charge in [0.25, 0.3) is 5.91 Å². The van der Waals surface area contributed by atoms with E-state index in [2.05, 4.69) is 38.1 Å². The number of nitrogens with zero attached hydrogens (tertiary/aromatic N) is 3. The van der Waals surface area contributed by atoms with Crippen LogP contribution in [0.15, 0.2) is 23.6 Å². The molecule has 1 aliphatic rings. The lowest BCUT2D eigenvalue weighted by Gasteiger charge is -2.38. The van der Waals surface area contributed by atoms with E-state index in [9.17, 15) is 38.4 Å². The van der Waals surface area contributed by atoms with Crippen LogP contribution < -0.4 is 20.7 Å². The molecule has 0 spiro atoms. The first kappa shape index (κ1) is 55.2. The van der Waals surface area contributed by atoms with Crippen LogP contribution in [0.3, 0.4) is 0 Å². The van der Waals surface area contributed by atoms with Crippen molar-refractivity contribution in [2.45, 2.75) is 130 Å². The second kappa shape index (κ2) is 26.3. The van der Waals surface area contributed by atoms with Gasteiger partial charge in [-0.25, -0.2) is 14.1 Å². The number of carbonyl (C=O) groups excluding carboxylic acids is 5. The number of rotatable bonds is 26. The van der Waals surface area contributed by atoms with E-state index in [4.69, 9.17) is 19.3 Å². The largest absolute Gasteiger partial charge is 0.481 e.